The predicted molar refractivity (Wildman–Crippen MR) is 115 cm³/mol. The third-order valence-corrected chi connectivity index (χ3v) is 5.94. The maximum absolute atomic E-state index is 13.1. The Kier molecular flexibility index (Phi) is 5.24. The van der Waals surface area contributed by atoms with E-state index in [1.165, 1.54) is 13.2 Å². The van der Waals surface area contributed by atoms with Crippen molar-refractivity contribution >= 4 is 26.7 Å². The Labute approximate surface area is 174 Å². The van der Waals surface area contributed by atoms with Gasteiger partial charge in [-0.25, -0.2) is 13.4 Å². The van der Waals surface area contributed by atoms with Gasteiger partial charge in [0.25, 0.3) is 10.0 Å². The lowest BCUT2D eigenvalue weighted by atomic mass is 10.1. The number of fused-ring (bicyclic) bond motifs is 1. The van der Waals surface area contributed by atoms with Crippen LogP contribution in [-0.4, -0.2) is 32.6 Å². The van der Waals surface area contributed by atoms with Crippen molar-refractivity contribution in [2.24, 2.45) is 0 Å². The molecular formula is C22H19N3O4S. The van der Waals surface area contributed by atoms with Crippen LogP contribution in [0.1, 0.15) is 0 Å². The highest BCUT2D eigenvalue weighted by atomic mass is 32.2. The van der Waals surface area contributed by atoms with Crippen molar-refractivity contribution in [3.63, 3.8) is 0 Å². The summed E-state index contributed by atoms with van der Waals surface area (Å²) in [5.41, 5.74) is 3.09. The highest BCUT2D eigenvalue weighted by Crippen LogP contribution is 2.31. The van der Waals surface area contributed by atoms with Gasteiger partial charge in [0, 0.05) is 11.3 Å². The summed E-state index contributed by atoms with van der Waals surface area (Å²) in [6.45, 7) is 0. The number of benzene rings is 3. The van der Waals surface area contributed by atoms with Gasteiger partial charge in [0.2, 0.25) is 0 Å². The highest BCUT2D eigenvalue weighted by Gasteiger charge is 2.21. The summed E-state index contributed by atoms with van der Waals surface area (Å²) in [5, 5.41) is 0. The smallest absolute Gasteiger partial charge is 0.265 e. The van der Waals surface area contributed by atoms with Crippen LogP contribution >= 0.6 is 0 Å². The maximum atomic E-state index is 13.1. The Morgan fingerprint density at radius 2 is 1.60 bits per heavy atom. The van der Waals surface area contributed by atoms with Crippen LogP contribution < -0.4 is 14.2 Å². The van der Waals surface area contributed by atoms with E-state index < -0.39 is 10.0 Å². The number of aromatic nitrogens is 2. The third-order valence-electron chi connectivity index (χ3n) is 4.54. The summed E-state index contributed by atoms with van der Waals surface area (Å²) in [5.74, 6) is 0.862. The van der Waals surface area contributed by atoms with Gasteiger partial charge in [-0.1, -0.05) is 12.1 Å². The first-order chi connectivity index (χ1) is 14.5. The molecule has 0 unspecified atom stereocenters. The van der Waals surface area contributed by atoms with Crippen molar-refractivity contribution in [3.8, 4) is 22.8 Å². The minimum Gasteiger partial charge on any atom is -0.497 e. The van der Waals surface area contributed by atoms with Gasteiger partial charge in [-0.3, -0.25) is 9.71 Å². The second-order valence-electron chi connectivity index (χ2n) is 6.44. The van der Waals surface area contributed by atoms with Crippen molar-refractivity contribution in [1.29, 1.82) is 0 Å². The number of rotatable bonds is 6. The summed E-state index contributed by atoms with van der Waals surface area (Å²) in [4.78, 5) is 9.01. The second kappa shape index (κ2) is 8.00. The fraction of sp³-hybridized carbons (Fsp3) is 0.0909. The molecule has 30 heavy (non-hydrogen) atoms. The van der Waals surface area contributed by atoms with Gasteiger partial charge in [-0.2, -0.15) is 0 Å². The molecule has 1 heterocycles. The Balaban J connectivity index is 1.74. The molecule has 0 saturated heterocycles. The second-order valence-corrected chi connectivity index (χ2v) is 8.09. The van der Waals surface area contributed by atoms with Crippen LogP contribution in [0.15, 0.2) is 77.8 Å². The number of nitrogens with zero attached hydrogens (tertiary/aromatic N) is 2. The van der Waals surface area contributed by atoms with Gasteiger partial charge in [-0.05, 0) is 54.6 Å². The summed E-state index contributed by atoms with van der Waals surface area (Å²) >= 11 is 0. The number of para-hydroxylation sites is 2. The molecule has 3 aromatic carbocycles. The monoisotopic (exact) mass is 421 g/mol. The van der Waals surface area contributed by atoms with Crippen LogP contribution in [0.25, 0.3) is 22.3 Å². The number of hydrogen-bond donors (Lipinski definition) is 1. The lowest BCUT2D eigenvalue weighted by Crippen LogP contribution is -2.14. The van der Waals surface area contributed by atoms with E-state index in [1.807, 2.05) is 24.3 Å². The standard InChI is InChI=1S/C22H19N3O4S/c1-28-17-10-8-16(9-11-17)25-30(26,27)22-13-15(7-12-21(22)29-2)20-14-23-18-5-3-4-6-19(18)24-20/h3-14,25H,1-2H3. The van der Waals surface area contributed by atoms with E-state index in [1.54, 1.807) is 49.7 Å². The van der Waals surface area contributed by atoms with Crippen LogP contribution in [0.5, 0.6) is 11.5 Å². The van der Waals surface area contributed by atoms with Crippen LogP contribution in [0.3, 0.4) is 0 Å². The predicted octanol–water partition coefficient (Wildman–Crippen LogP) is 4.11. The fourth-order valence-corrected chi connectivity index (χ4v) is 4.27. The average molecular weight is 421 g/mol. The lowest BCUT2D eigenvalue weighted by Gasteiger charge is -2.13. The minimum atomic E-state index is -3.91. The van der Waals surface area contributed by atoms with Crippen molar-refractivity contribution < 1.29 is 17.9 Å². The molecular weight excluding hydrogens is 402 g/mol. The lowest BCUT2D eigenvalue weighted by molar-refractivity contribution is 0.403. The molecule has 0 fully saturated rings. The summed E-state index contributed by atoms with van der Waals surface area (Å²) < 4.78 is 39.1. The Bertz CT molecular complexity index is 1310. The van der Waals surface area contributed by atoms with E-state index >= 15 is 0 Å². The normalized spacial score (nSPS) is 11.3. The topological polar surface area (TPSA) is 90.4 Å². The van der Waals surface area contributed by atoms with E-state index in [4.69, 9.17) is 9.47 Å². The number of hydrogen-bond acceptors (Lipinski definition) is 6. The molecule has 1 aromatic heterocycles. The summed E-state index contributed by atoms with van der Waals surface area (Å²) in [7, 11) is -0.938. The Morgan fingerprint density at radius 1 is 0.867 bits per heavy atom. The van der Waals surface area contributed by atoms with E-state index in [2.05, 4.69) is 14.7 Å². The Hall–Kier alpha value is -3.65. The largest absolute Gasteiger partial charge is 0.497 e. The fourth-order valence-electron chi connectivity index (χ4n) is 3.01. The third kappa shape index (κ3) is 3.90. The van der Waals surface area contributed by atoms with E-state index in [0.717, 1.165) is 11.0 Å². The first kappa shape index (κ1) is 19.7. The molecule has 0 atom stereocenters. The molecule has 0 spiro atoms. The van der Waals surface area contributed by atoms with Crippen LogP contribution in [-0.2, 0) is 10.0 Å². The SMILES string of the molecule is COc1ccc(NS(=O)(=O)c2cc(-c3cnc4ccccc4n3)ccc2OC)cc1. The molecule has 4 rings (SSSR count). The molecule has 0 aliphatic heterocycles. The van der Waals surface area contributed by atoms with Gasteiger partial charge in [-0.15, -0.1) is 0 Å². The number of sulfonamides is 1. The van der Waals surface area contributed by atoms with Gasteiger partial charge in [0.05, 0.1) is 37.1 Å². The number of methoxy groups -OCH3 is 2. The molecule has 0 amide bonds. The van der Waals surface area contributed by atoms with Crippen molar-refractivity contribution in [1.82, 2.24) is 9.97 Å². The first-order valence-corrected chi connectivity index (χ1v) is 10.6. The molecule has 152 valence electrons. The number of anilines is 1. The maximum Gasteiger partial charge on any atom is 0.265 e. The molecule has 0 aliphatic carbocycles. The molecule has 1 N–H and O–H groups in total. The highest BCUT2D eigenvalue weighted by molar-refractivity contribution is 7.92. The first-order valence-electron chi connectivity index (χ1n) is 9.07. The molecule has 8 heteroatoms. The van der Waals surface area contributed by atoms with Gasteiger partial charge in [0.1, 0.15) is 16.4 Å². The van der Waals surface area contributed by atoms with E-state index in [9.17, 15) is 8.42 Å². The average Bonchev–Trinajstić information content (AvgIpc) is 2.78. The number of ether oxygens (including phenoxy) is 2. The molecule has 4 aromatic rings. The molecule has 0 bridgehead atoms. The van der Waals surface area contributed by atoms with Crippen molar-refractivity contribution in [3.05, 3.63) is 72.9 Å². The molecule has 0 saturated carbocycles. The van der Waals surface area contributed by atoms with E-state index in [0.29, 0.717) is 22.7 Å². The zero-order chi connectivity index (χ0) is 21.1. The summed E-state index contributed by atoms with van der Waals surface area (Å²) in [6, 6.07) is 19.0. The van der Waals surface area contributed by atoms with Crippen LogP contribution in [0.4, 0.5) is 5.69 Å². The zero-order valence-corrected chi connectivity index (χ0v) is 17.2. The number of nitrogens with one attached hydrogen (secondary N) is 1. The van der Waals surface area contributed by atoms with E-state index in [-0.39, 0.29) is 10.6 Å². The van der Waals surface area contributed by atoms with Gasteiger partial charge in [0.15, 0.2) is 0 Å². The summed E-state index contributed by atoms with van der Waals surface area (Å²) in [6.07, 6.45) is 1.62. The van der Waals surface area contributed by atoms with Crippen molar-refractivity contribution in [2.75, 3.05) is 18.9 Å². The van der Waals surface area contributed by atoms with Gasteiger partial charge < -0.3 is 9.47 Å². The molecule has 0 aliphatic rings. The van der Waals surface area contributed by atoms with Crippen LogP contribution in [0, 0.1) is 0 Å². The quantitative estimate of drug-likeness (QED) is 0.504. The molecule has 0 radical (unpaired) electrons. The van der Waals surface area contributed by atoms with Crippen molar-refractivity contribution in [2.45, 2.75) is 4.90 Å². The zero-order valence-electron chi connectivity index (χ0n) is 16.4. The molecule has 7 nitrogen and oxygen atoms in total. The minimum absolute atomic E-state index is 0.00766. The Morgan fingerprint density at radius 3 is 2.30 bits per heavy atom. The van der Waals surface area contributed by atoms with Crippen LogP contribution in [0.2, 0.25) is 0 Å². The van der Waals surface area contributed by atoms with Gasteiger partial charge >= 0.3 is 0 Å².